The maximum Gasteiger partial charge on any atom is 0.120 e. The van der Waals surface area contributed by atoms with Crippen LogP contribution in [0, 0.1) is 5.92 Å². The van der Waals surface area contributed by atoms with E-state index in [1.807, 2.05) is 45.0 Å². The Morgan fingerprint density at radius 3 is 2.14 bits per heavy atom. The molecule has 0 amide bonds. The van der Waals surface area contributed by atoms with E-state index in [2.05, 4.69) is 0 Å². The van der Waals surface area contributed by atoms with Gasteiger partial charge in [0.05, 0.1) is 12.1 Å². The molecular formula is C17H28ClNO2. The van der Waals surface area contributed by atoms with Crippen molar-refractivity contribution in [2.75, 3.05) is 0 Å². The van der Waals surface area contributed by atoms with E-state index in [1.165, 1.54) is 12.8 Å². The van der Waals surface area contributed by atoms with Gasteiger partial charge < -0.3 is 15.6 Å². The fraction of sp³-hybridized carbons (Fsp3) is 0.647. The van der Waals surface area contributed by atoms with Crippen molar-refractivity contribution in [3.63, 3.8) is 0 Å². The smallest absolute Gasteiger partial charge is 0.120 e. The van der Waals surface area contributed by atoms with Crippen molar-refractivity contribution in [1.29, 1.82) is 0 Å². The van der Waals surface area contributed by atoms with E-state index in [9.17, 15) is 5.11 Å². The van der Waals surface area contributed by atoms with Gasteiger partial charge in [-0.05, 0) is 57.2 Å². The standard InChI is InChI=1S/C17H27NO2.ClH/c1-17(2,3)20-14-10-8-12(9-11-14)15(18)16(19)13-6-4-5-7-13;/h8-11,13,15-16,19H,4-7,18H2,1-3H3;1H/t15-,16+;/m1./s1. The van der Waals surface area contributed by atoms with Gasteiger partial charge in [-0.25, -0.2) is 0 Å². The summed E-state index contributed by atoms with van der Waals surface area (Å²) in [6.45, 7) is 6.07. The molecule has 1 aromatic carbocycles. The maximum atomic E-state index is 10.4. The van der Waals surface area contributed by atoms with Crippen molar-refractivity contribution in [1.82, 2.24) is 0 Å². The van der Waals surface area contributed by atoms with Crippen molar-refractivity contribution in [2.24, 2.45) is 11.7 Å². The van der Waals surface area contributed by atoms with Gasteiger partial charge in [-0.2, -0.15) is 0 Å². The number of rotatable bonds is 4. The Morgan fingerprint density at radius 2 is 1.67 bits per heavy atom. The van der Waals surface area contributed by atoms with Gasteiger partial charge in [0, 0.05) is 0 Å². The van der Waals surface area contributed by atoms with Crippen LogP contribution >= 0.6 is 12.4 Å². The summed E-state index contributed by atoms with van der Waals surface area (Å²) < 4.78 is 5.79. The first kappa shape index (κ1) is 18.3. The van der Waals surface area contributed by atoms with E-state index < -0.39 is 6.10 Å². The molecule has 0 saturated heterocycles. The quantitative estimate of drug-likeness (QED) is 0.888. The van der Waals surface area contributed by atoms with Crippen LogP contribution in [0.25, 0.3) is 0 Å². The lowest BCUT2D eigenvalue weighted by molar-refractivity contribution is 0.0843. The van der Waals surface area contributed by atoms with Crippen LogP contribution in [-0.4, -0.2) is 16.8 Å². The van der Waals surface area contributed by atoms with Gasteiger partial charge >= 0.3 is 0 Å². The molecule has 1 saturated carbocycles. The van der Waals surface area contributed by atoms with E-state index >= 15 is 0 Å². The molecule has 0 heterocycles. The highest BCUT2D eigenvalue weighted by Crippen LogP contribution is 2.33. The molecule has 1 aromatic rings. The van der Waals surface area contributed by atoms with Crippen LogP contribution in [-0.2, 0) is 0 Å². The Kier molecular flexibility index (Phi) is 6.51. The predicted octanol–water partition coefficient (Wildman–Crippen LogP) is 3.84. The minimum Gasteiger partial charge on any atom is -0.488 e. The Morgan fingerprint density at radius 1 is 1.14 bits per heavy atom. The van der Waals surface area contributed by atoms with E-state index in [1.54, 1.807) is 0 Å². The van der Waals surface area contributed by atoms with Crippen molar-refractivity contribution >= 4 is 12.4 Å². The first-order valence-corrected chi connectivity index (χ1v) is 7.59. The molecule has 1 fully saturated rings. The van der Waals surface area contributed by atoms with Crippen LogP contribution in [0.5, 0.6) is 5.75 Å². The molecule has 0 radical (unpaired) electrons. The molecule has 0 bridgehead atoms. The summed E-state index contributed by atoms with van der Waals surface area (Å²) in [4.78, 5) is 0. The summed E-state index contributed by atoms with van der Waals surface area (Å²) in [5, 5.41) is 10.4. The zero-order chi connectivity index (χ0) is 14.8. The first-order chi connectivity index (χ1) is 9.37. The second-order valence-corrected chi connectivity index (χ2v) is 6.84. The average Bonchev–Trinajstić information content (AvgIpc) is 2.90. The van der Waals surface area contributed by atoms with Crippen molar-refractivity contribution in [2.45, 2.75) is 64.2 Å². The third-order valence-electron chi connectivity index (χ3n) is 3.94. The molecule has 21 heavy (non-hydrogen) atoms. The lowest BCUT2D eigenvalue weighted by atomic mass is 9.91. The third kappa shape index (κ3) is 5.17. The van der Waals surface area contributed by atoms with Crippen LogP contribution in [0.3, 0.4) is 0 Å². The van der Waals surface area contributed by atoms with E-state index in [-0.39, 0.29) is 24.0 Å². The first-order valence-electron chi connectivity index (χ1n) is 7.59. The van der Waals surface area contributed by atoms with Crippen molar-refractivity contribution in [3.8, 4) is 5.75 Å². The Balaban J connectivity index is 0.00000220. The number of hydrogen-bond donors (Lipinski definition) is 2. The topological polar surface area (TPSA) is 55.5 Å². The van der Waals surface area contributed by atoms with E-state index in [0.717, 1.165) is 24.2 Å². The third-order valence-corrected chi connectivity index (χ3v) is 3.94. The van der Waals surface area contributed by atoms with Gasteiger partial charge in [-0.15, -0.1) is 12.4 Å². The number of aliphatic hydroxyl groups excluding tert-OH is 1. The molecule has 0 unspecified atom stereocenters. The molecule has 0 aliphatic heterocycles. The minimum absolute atomic E-state index is 0. The average molecular weight is 314 g/mol. The second kappa shape index (κ2) is 7.48. The molecule has 3 N–H and O–H groups in total. The summed E-state index contributed by atoms with van der Waals surface area (Å²) in [5.74, 6) is 1.19. The van der Waals surface area contributed by atoms with Crippen molar-refractivity contribution < 1.29 is 9.84 Å². The molecule has 3 nitrogen and oxygen atoms in total. The highest BCUT2D eigenvalue weighted by Gasteiger charge is 2.28. The number of hydrogen-bond acceptors (Lipinski definition) is 3. The largest absolute Gasteiger partial charge is 0.488 e. The predicted molar refractivity (Wildman–Crippen MR) is 89.0 cm³/mol. The van der Waals surface area contributed by atoms with Gasteiger partial charge in [0.25, 0.3) is 0 Å². The van der Waals surface area contributed by atoms with Crippen LogP contribution in [0.2, 0.25) is 0 Å². The summed E-state index contributed by atoms with van der Waals surface area (Å²) in [6, 6.07) is 7.49. The van der Waals surface area contributed by atoms with Crippen LogP contribution in [0.1, 0.15) is 58.1 Å². The number of benzene rings is 1. The lowest BCUT2D eigenvalue weighted by Gasteiger charge is -2.25. The zero-order valence-corrected chi connectivity index (χ0v) is 14.0. The van der Waals surface area contributed by atoms with Gasteiger partial charge in [0.2, 0.25) is 0 Å². The maximum absolute atomic E-state index is 10.4. The fourth-order valence-electron chi connectivity index (χ4n) is 2.90. The van der Waals surface area contributed by atoms with Gasteiger partial charge in [-0.1, -0.05) is 25.0 Å². The summed E-state index contributed by atoms with van der Waals surface area (Å²) >= 11 is 0. The van der Waals surface area contributed by atoms with E-state index in [4.69, 9.17) is 10.5 Å². The molecule has 120 valence electrons. The minimum atomic E-state index is -0.438. The van der Waals surface area contributed by atoms with Crippen LogP contribution in [0.15, 0.2) is 24.3 Å². The zero-order valence-electron chi connectivity index (χ0n) is 13.2. The molecule has 2 atom stereocenters. The van der Waals surface area contributed by atoms with Crippen LogP contribution in [0.4, 0.5) is 0 Å². The Hall–Kier alpha value is -0.770. The summed E-state index contributed by atoms with van der Waals surface area (Å²) in [6.07, 6.45) is 4.19. The fourth-order valence-corrected chi connectivity index (χ4v) is 2.90. The molecule has 0 spiro atoms. The molecule has 0 aromatic heterocycles. The second-order valence-electron chi connectivity index (χ2n) is 6.84. The molecule has 1 aliphatic rings. The highest BCUT2D eigenvalue weighted by atomic mass is 35.5. The molecule has 1 aliphatic carbocycles. The van der Waals surface area contributed by atoms with Crippen molar-refractivity contribution in [3.05, 3.63) is 29.8 Å². The number of halogens is 1. The molecule has 4 heteroatoms. The monoisotopic (exact) mass is 313 g/mol. The number of nitrogens with two attached hydrogens (primary N) is 1. The Bertz CT molecular complexity index is 421. The van der Waals surface area contributed by atoms with Gasteiger partial charge in [0.15, 0.2) is 0 Å². The SMILES string of the molecule is CC(C)(C)Oc1ccc([C@@H](N)[C@@H](O)C2CCCC2)cc1.Cl. The van der Waals surface area contributed by atoms with Crippen LogP contribution < -0.4 is 10.5 Å². The normalized spacial score (nSPS) is 18.9. The van der Waals surface area contributed by atoms with E-state index in [0.29, 0.717) is 5.92 Å². The highest BCUT2D eigenvalue weighted by molar-refractivity contribution is 5.85. The molecule has 2 rings (SSSR count). The Labute approximate surface area is 134 Å². The number of ether oxygens (including phenoxy) is 1. The summed E-state index contributed by atoms with van der Waals surface area (Å²) in [7, 11) is 0. The number of aliphatic hydroxyl groups is 1. The summed E-state index contributed by atoms with van der Waals surface area (Å²) in [5.41, 5.74) is 6.98. The van der Waals surface area contributed by atoms with Gasteiger partial charge in [0.1, 0.15) is 11.4 Å². The lowest BCUT2D eigenvalue weighted by Crippen LogP contribution is -2.31. The molecular weight excluding hydrogens is 286 g/mol. The van der Waals surface area contributed by atoms with Gasteiger partial charge in [-0.3, -0.25) is 0 Å².